The van der Waals surface area contributed by atoms with Crippen LogP contribution in [0.5, 0.6) is 0 Å². The van der Waals surface area contributed by atoms with Crippen LogP contribution in [0, 0.1) is 18.8 Å². The van der Waals surface area contributed by atoms with E-state index in [2.05, 4.69) is 11.8 Å². The van der Waals surface area contributed by atoms with E-state index in [9.17, 15) is 13.2 Å². The van der Waals surface area contributed by atoms with Crippen molar-refractivity contribution in [2.75, 3.05) is 14.1 Å². The first-order valence-electron chi connectivity index (χ1n) is 5.12. The second-order valence-electron chi connectivity index (χ2n) is 4.04. The van der Waals surface area contributed by atoms with Gasteiger partial charge in [-0.15, -0.1) is 0 Å². The van der Waals surface area contributed by atoms with Gasteiger partial charge in [0.25, 0.3) is 0 Å². The lowest BCUT2D eigenvalue weighted by atomic mass is 10.1. The zero-order valence-corrected chi connectivity index (χ0v) is 9.97. The first-order valence-corrected chi connectivity index (χ1v) is 5.12. The Morgan fingerprint density at radius 2 is 1.65 bits per heavy atom. The van der Waals surface area contributed by atoms with Crippen molar-refractivity contribution in [3.8, 4) is 11.8 Å². The number of halogens is 3. The molecular formula is C13H14F3N. The Morgan fingerprint density at radius 3 is 2.06 bits per heavy atom. The molecule has 0 saturated carbocycles. The molecule has 0 aliphatic carbocycles. The molecule has 0 fully saturated rings. The van der Waals surface area contributed by atoms with E-state index >= 15 is 0 Å². The molecule has 17 heavy (non-hydrogen) atoms. The van der Waals surface area contributed by atoms with Crippen LogP contribution in [0.25, 0.3) is 0 Å². The molecule has 1 aromatic rings. The van der Waals surface area contributed by atoms with E-state index in [0.29, 0.717) is 5.56 Å². The monoisotopic (exact) mass is 241 g/mol. The Labute approximate surface area is 99.2 Å². The van der Waals surface area contributed by atoms with Gasteiger partial charge in [0, 0.05) is 5.56 Å². The van der Waals surface area contributed by atoms with E-state index in [4.69, 9.17) is 0 Å². The molecular weight excluding hydrogens is 227 g/mol. The number of hydrogen-bond acceptors (Lipinski definition) is 1. The lowest BCUT2D eigenvalue weighted by Gasteiger charge is -2.21. The molecule has 1 rings (SSSR count). The smallest absolute Gasteiger partial charge is 0.288 e. The third kappa shape index (κ3) is 4.12. The van der Waals surface area contributed by atoms with Gasteiger partial charge in [-0.3, -0.25) is 4.90 Å². The predicted molar refractivity (Wildman–Crippen MR) is 61.6 cm³/mol. The van der Waals surface area contributed by atoms with E-state index in [-0.39, 0.29) is 0 Å². The summed E-state index contributed by atoms with van der Waals surface area (Å²) in [5.74, 6) is 4.79. The van der Waals surface area contributed by atoms with Crippen LogP contribution < -0.4 is 0 Å². The van der Waals surface area contributed by atoms with Crippen LogP contribution in [-0.4, -0.2) is 31.2 Å². The summed E-state index contributed by atoms with van der Waals surface area (Å²) in [6.07, 6.45) is -4.33. The summed E-state index contributed by atoms with van der Waals surface area (Å²) in [4.78, 5) is 1.06. The van der Waals surface area contributed by atoms with Crippen molar-refractivity contribution in [2.45, 2.75) is 19.1 Å². The number of benzene rings is 1. The van der Waals surface area contributed by atoms with Gasteiger partial charge in [0.05, 0.1) is 0 Å². The van der Waals surface area contributed by atoms with Crippen LogP contribution in [0.4, 0.5) is 13.2 Å². The molecule has 0 aliphatic rings. The normalized spacial score (nSPS) is 13.1. The highest BCUT2D eigenvalue weighted by molar-refractivity contribution is 5.37. The molecule has 0 radical (unpaired) electrons. The van der Waals surface area contributed by atoms with Crippen molar-refractivity contribution < 1.29 is 13.2 Å². The molecule has 0 aromatic heterocycles. The summed E-state index contributed by atoms with van der Waals surface area (Å²) in [7, 11) is 2.73. The molecule has 0 heterocycles. The fraction of sp³-hybridized carbons (Fsp3) is 0.385. The van der Waals surface area contributed by atoms with Crippen molar-refractivity contribution >= 4 is 0 Å². The molecule has 1 nitrogen and oxygen atoms in total. The highest BCUT2D eigenvalue weighted by Gasteiger charge is 2.40. The van der Waals surface area contributed by atoms with Crippen LogP contribution in [0.1, 0.15) is 11.1 Å². The van der Waals surface area contributed by atoms with Crippen molar-refractivity contribution in [2.24, 2.45) is 0 Å². The highest BCUT2D eigenvalue weighted by Crippen LogP contribution is 2.22. The lowest BCUT2D eigenvalue weighted by Crippen LogP contribution is -2.40. The minimum Gasteiger partial charge on any atom is -0.288 e. The summed E-state index contributed by atoms with van der Waals surface area (Å²) in [6.45, 7) is 1.91. The van der Waals surface area contributed by atoms with Crippen LogP contribution in [0.3, 0.4) is 0 Å². The number of rotatable bonds is 1. The Balaban J connectivity index is 2.92. The van der Waals surface area contributed by atoms with Gasteiger partial charge >= 0.3 is 6.18 Å². The second-order valence-corrected chi connectivity index (χ2v) is 4.04. The van der Waals surface area contributed by atoms with Crippen LogP contribution >= 0.6 is 0 Å². The highest BCUT2D eigenvalue weighted by atomic mass is 19.4. The Hall–Kier alpha value is -1.47. The summed E-state index contributed by atoms with van der Waals surface area (Å²) < 4.78 is 37.8. The maximum Gasteiger partial charge on any atom is 0.415 e. The Kier molecular flexibility index (Phi) is 4.19. The van der Waals surface area contributed by atoms with E-state index in [1.165, 1.54) is 14.1 Å². The third-order valence-corrected chi connectivity index (χ3v) is 2.23. The first-order chi connectivity index (χ1) is 7.80. The fourth-order valence-corrected chi connectivity index (χ4v) is 1.29. The molecule has 0 spiro atoms. The van der Waals surface area contributed by atoms with Crippen LogP contribution in [0.2, 0.25) is 0 Å². The molecule has 1 unspecified atom stereocenters. The molecule has 0 N–H and O–H groups in total. The van der Waals surface area contributed by atoms with Crippen LogP contribution in [-0.2, 0) is 0 Å². The molecule has 0 bridgehead atoms. The van der Waals surface area contributed by atoms with Gasteiger partial charge in [-0.25, -0.2) is 0 Å². The number of alkyl halides is 3. The molecule has 0 saturated heterocycles. The maximum absolute atomic E-state index is 12.6. The fourth-order valence-electron chi connectivity index (χ4n) is 1.29. The average Bonchev–Trinajstić information content (AvgIpc) is 2.18. The lowest BCUT2D eigenvalue weighted by molar-refractivity contribution is -0.161. The van der Waals surface area contributed by atoms with E-state index in [1.807, 2.05) is 19.1 Å². The van der Waals surface area contributed by atoms with Gasteiger partial charge in [0.2, 0.25) is 0 Å². The Bertz CT molecular complexity index is 421. The minimum atomic E-state index is -4.33. The zero-order valence-electron chi connectivity index (χ0n) is 9.97. The summed E-state index contributed by atoms with van der Waals surface area (Å²) >= 11 is 0. The standard InChI is InChI=1S/C13H14F3N/c1-10-4-6-11(7-5-10)8-9-12(17(2)3)13(14,15)16/h4-7,12H,1-3H3. The van der Waals surface area contributed by atoms with Crippen molar-refractivity contribution in [3.63, 3.8) is 0 Å². The predicted octanol–water partition coefficient (Wildman–Crippen LogP) is 2.84. The zero-order chi connectivity index (χ0) is 13.1. The van der Waals surface area contributed by atoms with E-state index in [0.717, 1.165) is 10.5 Å². The number of hydrogen-bond donors (Lipinski definition) is 0. The van der Waals surface area contributed by atoms with Gasteiger partial charge in [0.1, 0.15) is 0 Å². The molecule has 0 amide bonds. The van der Waals surface area contributed by atoms with E-state index in [1.54, 1.807) is 12.1 Å². The molecule has 92 valence electrons. The molecule has 4 heteroatoms. The Morgan fingerprint density at radius 1 is 1.12 bits per heavy atom. The third-order valence-electron chi connectivity index (χ3n) is 2.23. The molecule has 1 aromatic carbocycles. The van der Waals surface area contributed by atoms with Gasteiger partial charge in [-0.2, -0.15) is 13.2 Å². The van der Waals surface area contributed by atoms with Gasteiger partial charge in [0.15, 0.2) is 6.04 Å². The quantitative estimate of drug-likeness (QED) is 0.683. The average molecular weight is 241 g/mol. The van der Waals surface area contributed by atoms with Crippen LogP contribution in [0.15, 0.2) is 24.3 Å². The van der Waals surface area contributed by atoms with Crippen molar-refractivity contribution in [1.82, 2.24) is 4.90 Å². The summed E-state index contributed by atoms with van der Waals surface area (Å²) in [5.41, 5.74) is 1.64. The summed E-state index contributed by atoms with van der Waals surface area (Å²) in [5, 5.41) is 0. The van der Waals surface area contributed by atoms with E-state index < -0.39 is 12.2 Å². The van der Waals surface area contributed by atoms with Gasteiger partial charge in [-0.1, -0.05) is 29.5 Å². The summed E-state index contributed by atoms with van der Waals surface area (Å²) in [6, 6.07) is 5.34. The molecule has 0 aliphatic heterocycles. The van der Waals surface area contributed by atoms with Crippen molar-refractivity contribution in [1.29, 1.82) is 0 Å². The maximum atomic E-state index is 12.6. The number of aryl methyl sites for hydroxylation is 1. The van der Waals surface area contributed by atoms with Gasteiger partial charge < -0.3 is 0 Å². The second kappa shape index (κ2) is 5.24. The first kappa shape index (κ1) is 13.6. The number of nitrogens with zero attached hydrogens (tertiary/aromatic N) is 1. The largest absolute Gasteiger partial charge is 0.415 e. The topological polar surface area (TPSA) is 3.24 Å². The minimum absolute atomic E-state index is 0.590. The van der Waals surface area contributed by atoms with Crippen molar-refractivity contribution in [3.05, 3.63) is 35.4 Å². The van der Waals surface area contributed by atoms with Gasteiger partial charge in [-0.05, 0) is 33.2 Å². The molecule has 1 atom stereocenters. The SMILES string of the molecule is Cc1ccc(C#CC(N(C)C)C(F)(F)F)cc1.